The van der Waals surface area contributed by atoms with E-state index in [-0.39, 0.29) is 6.10 Å². The maximum absolute atomic E-state index is 6.20. The quantitative estimate of drug-likeness (QED) is 0.934. The molecule has 6 heteroatoms. The molecule has 1 aliphatic heterocycles. The van der Waals surface area contributed by atoms with E-state index < -0.39 is 5.54 Å². The zero-order chi connectivity index (χ0) is 14.3. The Bertz CT molecular complexity index is 676. The second-order valence-electron chi connectivity index (χ2n) is 5.68. The summed E-state index contributed by atoms with van der Waals surface area (Å²) in [6.07, 6.45) is 3.46. The topological polar surface area (TPSA) is 86.5 Å². The van der Waals surface area contributed by atoms with E-state index in [1.165, 1.54) is 0 Å². The molecule has 21 heavy (non-hydrogen) atoms. The van der Waals surface area contributed by atoms with Crippen LogP contribution in [0.2, 0.25) is 0 Å². The molecular weight excluding hydrogens is 268 g/mol. The maximum atomic E-state index is 6.20. The number of aromatic nitrogens is 2. The summed E-state index contributed by atoms with van der Waals surface area (Å²) in [5, 5.41) is 8.09. The van der Waals surface area contributed by atoms with Gasteiger partial charge < -0.3 is 15.1 Å². The van der Waals surface area contributed by atoms with Gasteiger partial charge in [0.15, 0.2) is 11.9 Å². The van der Waals surface area contributed by atoms with Gasteiger partial charge in [-0.1, -0.05) is 40.6 Å². The molecule has 0 bridgehead atoms. The van der Waals surface area contributed by atoms with Crippen molar-refractivity contribution < 1.29 is 9.36 Å². The van der Waals surface area contributed by atoms with E-state index in [9.17, 15) is 0 Å². The Morgan fingerprint density at radius 1 is 1.19 bits per heavy atom. The smallest absolute Gasteiger partial charge is 0.275 e. The van der Waals surface area contributed by atoms with E-state index in [4.69, 9.17) is 15.1 Å². The first-order chi connectivity index (χ1) is 10.2. The van der Waals surface area contributed by atoms with Crippen molar-refractivity contribution >= 4 is 5.71 Å². The molecule has 2 N–H and O–H groups in total. The van der Waals surface area contributed by atoms with Crippen LogP contribution in [0.5, 0.6) is 0 Å². The van der Waals surface area contributed by atoms with Crippen LogP contribution in [-0.4, -0.2) is 15.9 Å². The van der Waals surface area contributed by atoms with E-state index in [1.807, 2.05) is 30.3 Å². The Hall–Kier alpha value is -2.21. The van der Waals surface area contributed by atoms with Gasteiger partial charge in [-0.05, 0) is 24.8 Å². The fourth-order valence-electron chi connectivity index (χ4n) is 2.67. The molecule has 0 saturated heterocycles. The van der Waals surface area contributed by atoms with Crippen molar-refractivity contribution in [1.82, 2.24) is 10.1 Å². The van der Waals surface area contributed by atoms with Gasteiger partial charge in [-0.3, -0.25) is 0 Å². The van der Waals surface area contributed by atoms with Crippen molar-refractivity contribution in [2.75, 3.05) is 0 Å². The molecule has 6 nitrogen and oxygen atoms in total. The number of hydrogen-bond acceptors (Lipinski definition) is 6. The van der Waals surface area contributed by atoms with Crippen molar-refractivity contribution in [2.45, 2.75) is 37.3 Å². The number of oxime groups is 1. The minimum atomic E-state index is -0.416. The Morgan fingerprint density at radius 2 is 2.00 bits per heavy atom. The molecular formula is C15H16N4O2. The highest BCUT2D eigenvalue weighted by Gasteiger charge is 2.39. The zero-order valence-electron chi connectivity index (χ0n) is 11.5. The average molecular weight is 284 g/mol. The fraction of sp³-hybridized carbons (Fsp3) is 0.400. The lowest BCUT2D eigenvalue weighted by atomic mass is 9.77. The van der Waals surface area contributed by atoms with Crippen LogP contribution in [0.25, 0.3) is 0 Å². The molecule has 2 aliphatic rings. The van der Waals surface area contributed by atoms with Crippen molar-refractivity contribution in [2.24, 2.45) is 10.9 Å². The van der Waals surface area contributed by atoms with Crippen LogP contribution in [0.4, 0.5) is 0 Å². The Labute approximate surface area is 122 Å². The molecule has 2 aromatic rings. The molecule has 0 spiro atoms. The van der Waals surface area contributed by atoms with Crippen molar-refractivity contribution in [1.29, 1.82) is 0 Å². The largest absolute Gasteiger partial charge is 0.387 e. The van der Waals surface area contributed by atoms with Gasteiger partial charge in [0, 0.05) is 6.42 Å². The van der Waals surface area contributed by atoms with Crippen LogP contribution in [-0.2, 0) is 10.4 Å². The second-order valence-corrected chi connectivity index (χ2v) is 5.68. The van der Waals surface area contributed by atoms with Crippen molar-refractivity contribution in [3.8, 4) is 0 Å². The van der Waals surface area contributed by atoms with Crippen LogP contribution < -0.4 is 5.73 Å². The minimum Gasteiger partial charge on any atom is -0.387 e. The molecule has 1 aliphatic carbocycles. The first kappa shape index (κ1) is 12.5. The van der Waals surface area contributed by atoms with Gasteiger partial charge in [-0.25, -0.2) is 0 Å². The van der Waals surface area contributed by atoms with Gasteiger partial charge >= 0.3 is 0 Å². The third kappa shape index (κ3) is 2.12. The van der Waals surface area contributed by atoms with Gasteiger partial charge in [-0.15, -0.1) is 0 Å². The molecule has 4 rings (SSSR count). The van der Waals surface area contributed by atoms with E-state index >= 15 is 0 Å². The van der Waals surface area contributed by atoms with E-state index in [0.29, 0.717) is 23.8 Å². The van der Waals surface area contributed by atoms with Gasteiger partial charge in [0.1, 0.15) is 5.71 Å². The molecule has 1 aromatic carbocycles. The van der Waals surface area contributed by atoms with Crippen LogP contribution in [0.3, 0.4) is 0 Å². The summed E-state index contributed by atoms with van der Waals surface area (Å²) in [6.45, 7) is 0. The van der Waals surface area contributed by atoms with Crippen LogP contribution in [0.1, 0.15) is 49.1 Å². The van der Waals surface area contributed by atoms with E-state index in [2.05, 4.69) is 15.3 Å². The predicted molar refractivity (Wildman–Crippen MR) is 75.4 cm³/mol. The summed E-state index contributed by atoms with van der Waals surface area (Å²) in [7, 11) is 0. The number of nitrogens with zero attached hydrogens (tertiary/aromatic N) is 3. The summed E-state index contributed by atoms with van der Waals surface area (Å²) < 4.78 is 5.30. The number of benzene rings is 1. The van der Waals surface area contributed by atoms with E-state index in [0.717, 1.165) is 24.8 Å². The van der Waals surface area contributed by atoms with Gasteiger partial charge in [0.25, 0.3) is 5.89 Å². The highest BCUT2D eigenvalue weighted by molar-refractivity contribution is 5.97. The average Bonchev–Trinajstić information content (AvgIpc) is 3.14. The van der Waals surface area contributed by atoms with Crippen LogP contribution >= 0.6 is 0 Å². The Morgan fingerprint density at radius 3 is 2.71 bits per heavy atom. The number of hydrogen-bond donors (Lipinski definition) is 1. The lowest BCUT2D eigenvalue weighted by Gasteiger charge is -2.34. The minimum absolute atomic E-state index is 0.0907. The molecule has 2 heterocycles. The number of rotatable bonds is 3. The third-order valence-electron chi connectivity index (χ3n) is 4.20. The first-order valence-electron chi connectivity index (χ1n) is 7.16. The summed E-state index contributed by atoms with van der Waals surface area (Å²) in [6, 6.07) is 9.98. The SMILES string of the molecule is NC1(c2noc(C3=NOC(c4ccccc4)C3)n2)CCC1. The maximum Gasteiger partial charge on any atom is 0.275 e. The molecule has 1 aromatic heterocycles. The molecule has 1 unspecified atom stereocenters. The van der Waals surface area contributed by atoms with E-state index in [1.54, 1.807) is 0 Å². The van der Waals surface area contributed by atoms with Gasteiger partial charge in [0.05, 0.1) is 5.54 Å². The molecule has 1 fully saturated rings. The highest BCUT2D eigenvalue weighted by atomic mass is 16.6. The third-order valence-corrected chi connectivity index (χ3v) is 4.20. The molecule has 0 radical (unpaired) electrons. The Kier molecular flexibility index (Phi) is 2.78. The Balaban J connectivity index is 1.51. The van der Waals surface area contributed by atoms with Gasteiger partial charge in [-0.2, -0.15) is 4.98 Å². The highest BCUT2D eigenvalue weighted by Crippen LogP contribution is 2.37. The monoisotopic (exact) mass is 284 g/mol. The van der Waals surface area contributed by atoms with Crippen molar-refractivity contribution in [3.05, 3.63) is 47.6 Å². The summed E-state index contributed by atoms with van der Waals surface area (Å²) >= 11 is 0. The van der Waals surface area contributed by atoms with Gasteiger partial charge in [0.2, 0.25) is 0 Å². The fourth-order valence-corrected chi connectivity index (χ4v) is 2.67. The first-order valence-corrected chi connectivity index (χ1v) is 7.16. The van der Waals surface area contributed by atoms with Crippen LogP contribution in [0, 0.1) is 0 Å². The predicted octanol–water partition coefficient (Wildman–Crippen LogP) is 2.27. The molecule has 108 valence electrons. The lowest BCUT2D eigenvalue weighted by molar-refractivity contribution is 0.0857. The second kappa shape index (κ2) is 4.66. The zero-order valence-corrected chi connectivity index (χ0v) is 11.5. The number of nitrogens with two attached hydrogens (primary N) is 1. The summed E-state index contributed by atoms with van der Waals surface area (Å²) in [5.41, 5.74) is 7.56. The summed E-state index contributed by atoms with van der Waals surface area (Å²) in [4.78, 5) is 9.87. The lowest BCUT2D eigenvalue weighted by Crippen LogP contribution is -2.44. The molecule has 1 saturated carbocycles. The molecule has 0 amide bonds. The van der Waals surface area contributed by atoms with Crippen LogP contribution in [0.15, 0.2) is 40.0 Å². The normalized spacial score (nSPS) is 23.3. The summed E-state index contributed by atoms with van der Waals surface area (Å²) in [5.74, 6) is 0.995. The molecule has 1 atom stereocenters. The standard InChI is InChI=1S/C15H16N4O2/c16-15(7-4-8-15)14-17-13(21-19-14)11-9-12(20-18-11)10-5-2-1-3-6-10/h1-3,5-6,12H,4,7-9,16H2. The van der Waals surface area contributed by atoms with Crippen molar-refractivity contribution in [3.63, 3.8) is 0 Å².